The lowest BCUT2D eigenvalue weighted by Gasteiger charge is -2.33. The van der Waals surface area contributed by atoms with Crippen molar-refractivity contribution in [2.75, 3.05) is 26.6 Å². The lowest BCUT2D eigenvalue weighted by Crippen LogP contribution is -2.53. The van der Waals surface area contributed by atoms with E-state index in [0.717, 1.165) is 0 Å². The summed E-state index contributed by atoms with van der Waals surface area (Å²) in [4.78, 5) is 12.5. The maximum Gasteiger partial charge on any atom is 0.325 e. The topological polar surface area (TPSA) is 100 Å². The quantitative estimate of drug-likeness (QED) is 0.575. The molecular weight excluding hydrogens is 418 g/mol. The molecular formula is C19H29NO7S2. The van der Waals surface area contributed by atoms with Crippen LogP contribution in [0.2, 0.25) is 0 Å². The Hall–Kier alpha value is -1.33. The molecule has 1 fully saturated rings. The van der Waals surface area contributed by atoms with Gasteiger partial charge in [-0.2, -0.15) is 16.5 Å². The van der Waals surface area contributed by atoms with Crippen LogP contribution in [0.1, 0.15) is 27.7 Å². The van der Waals surface area contributed by atoms with Gasteiger partial charge in [-0.05, 0) is 52.0 Å². The van der Waals surface area contributed by atoms with E-state index in [9.17, 15) is 13.2 Å². The van der Waals surface area contributed by atoms with Crippen molar-refractivity contribution < 1.29 is 32.2 Å². The van der Waals surface area contributed by atoms with Gasteiger partial charge in [-0.3, -0.25) is 4.79 Å². The number of carbonyl (C=O) groups excluding carboxylic acids is 1. The third-order valence-electron chi connectivity index (χ3n) is 4.48. The highest BCUT2D eigenvalue weighted by Gasteiger charge is 2.41. The number of thioether (sulfide) groups is 1. The molecule has 164 valence electrons. The van der Waals surface area contributed by atoms with E-state index < -0.39 is 32.6 Å². The maximum absolute atomic E-state index is 12.8. The van der Waals surface area contributed by atoms with Crippen LogP contribution in [-0.2, 0) is 29.0 Å². The van der Waals surface area contributed by atoms with Crippen molar-refractivity contribution in [3.05, 3.63) is 24.3 Å². The molecule has 0 bridgehead atoms. The second-order valence-electron chi connectivity index (χ2n) is 7.62. The van der Waals surface area contributed by atoms with E-state index in [2.05, 4.69) is 4.72 Å². The third-order valence-corrected chi connectivity index (χ3v) is 7.44. The van der Waals surface area contributed by atoms with Crippen molar-refractivity contribution in [1.82, 2.24) is 4.72 Å². The summed E-state index contributed by atoms with van der Waals surface area (Å²) >= 11 is 1.42. The molecule has 2 rings (SSSR count). The normalized spacial score (nSPS) is 20.3. The SMILES string of the molecule is COC(=O)[C@H](NS(=O)(=O)c1ccc(OC)cc1)C(C)(C)SCC1COC(C)(C)O1. The van der Waals surface area contributed by atoms with Crippen LogP contribution >= 0.6 is 11.8 Å². The highest BCUT2D eigenvalue weighted by Crippen LogP contribution is 2.33. The summed E-state index contributed by atoms with van der Waals surface area (Å²) in [5.74, 6) is -0.240. The van der Waals surface area contributed by atoms with Crippen LogP contribution in [0.3, 0.4) is 0 Å². The fraction of sp³-hybridized carbons (Fsp3) is 0.632. The average molecular weight is 448 g/mol. The predicted molar refractivity (Wildman–Crippen MR) is 111 cm³/mol. The molecule has 1 aliphatic rings. The second kappa shape index (κ2) is 9.22. The highest BCUT2D eigenvalue weighted by atomic mass is 32.2. The van der Waals surface area contributed by atoms with Crippen molar-refractivity contribution >= 4 is 27.8 Å². The van der Waals surface area contributed by atoms with E-state index in [1.807, 2.05) is 13.8 Å². The Kier molecular flexibility index (Phi) is 7.61. The van der Waals surface area contributed by atoms with Gasteiger partial charge >= 0.3 is 5.97 Å². The molecule has 0 radical (unpaired) electrons. The summed E-state index contributed by atoms with van der Waals surface area (Å²) in [6.07, 6.45) is -0.147. The Labute approximate surface area is 176 Å². The van der Waals surface area contributed by atoms with Gasteiger partial charge in [0.05, 0.1) is 31.8 Å². The number of hydrogen-bond donors (Lipinski definition) is 1. The van der Waals surface area contributed by atoms with Crippen LogP contribution in [-0.4, -0.2) is 63.6 Å². The van der Waals surface area contributed by atoms with Crippen molar-refractivity contribution in [1.29, 1.82) is 0 Å². The molecule has 1 aromatic rings. The fourth-order valence-electron chi connectivity index (χ4n) is 2.81. The Bertz CT molecular complexity index is 806. The molecule has 1 aromatic carbocycles. The van der Waals surface area contributed by atoms with Crippen molar-refractivity contribution in [3.63, 3.8) is 0 Å². The Balaban J connectivity index is 2.15. The zero-order valence-corrected chi connectivity index (χ0v) is 19.2. The molecule has 1 heterocycles. The van der Waals surface area contributed by atoms with Gasteiger partial charge in [0.2, 0.25) is 10.0 Å². The summed E-state index contributed by atoms with van der Waals surface area (Å²) in [5, 5.41) is 0. The molecule has 2 atom stereocenters. The van der Waals surface area contributed by atoms with E-state index in [1.165, 1.54) is 38.1 Å². The minimum atomic E-state index is -3.95. The minimum Gasteiger partial charge on any atom is -0.497 e. The van der Waals surface area contributed by atoms with Gasteiger partial charge in [0, 0.05) is 10.5 Å². The number of rotatable bonds is 9. The summed E-state index contributed by atoms with van der Waals surface area (Å²) < 4.78 is 48.6. The van der Waals surface area contributed by atoms with Crippen LogP contribution in [0.25, 0.3) is 0 Å². The molecule has 8 nitrogen and oxygen atoms in total. The molecule has 1 saturated heterocycles. The van der Waals surface area contributed by atoms with E-state index in [4.69, 9.17) is 18.9 Å². The number of nitrogens with one attached hydrogen (secondary N) is 1. The smallest absolute Gasteiger partial charge is 0.325 e. The summed E-state index contributed by atoms with van der Waals surface area (Å²) in [7, 11) is -1.23. The van der Waals surface area contributed by atoms with Crippen molar-refractivity contribution in [3.8, 4) is 5.75 Å². The largest absolute Gasteiger partial charge is 0.497 e. The second-order valence-corrected chi connectivity index (χ2v) is 11.0. The van der Waals surface area contributed by atoms with Crippen LogP contribution in [0.5, 0.6) is 5.75 Å². The molecule has 1 N–H and O–H groups in total. The zero-order valence-electron chi connectivity index (χ0n) is 17.6. The van der Waals surface area contributed by atoms with Gasteiger partial charge in [-0.15, -0.1) is 0 Å². The molecule has 0 aliphatic carbocycles. The first-order chi connectivity index (χ1) is 13.4. The molecule has 1 aliphatic heterocycles. The van der Waals surface area contributed by atoms with Crippen LogP contribution in [0.15, 0.2) is 29.2 Å². The lowest BCUT2D eigenvalue weighted by molar-refractivity contribution is -0.143. The van der Waals surface area contributed by atoms with Crippen molar-refractivity contribution in [2.24, 2.45) is 0 Å². The van der Waals surface area contributed by atoms with Crippen molar-refractivity contribution in [2.45, 2.75) is 55.3 Å². The van der Waals surface area contributed by atoms with E-state index in [-0.39, 0.29) is 11.0 Å². The van der Waals surface area contributed by atoms with Gasteiger partial charge in [-0.1, -0.05) is 0 Å². The highest BCUT2D eigenvalue weighted by molar-refractivity contribution is 8.00. The van der Waals surface area contributed by atoms with Gasteiger partial charge in [0.15, 0.2) is 5.79 Å². The van der Waals surface area contributed by atoms with Crippen LogP contribution in [0, 0.1) is 0 Å². The first-order valence-corrected chi connectivity index (χ1v) is 11.6. The fourth-order valence-corrected chi connectivity index (χ4v) is 5.31. The summed E-state index contributed by atoms with van der Waals surface area (Å²) in [6, 6.07) is 4.82. The predicted octanol–water partition coefficient (Wildman–Crippen LogP) is 2.18. The number of esters is 1. The first-order valence-electron chi connectivity index (χ1n) is 9.10. The van der Waals surface area contributed by atoms with E-state index in [1.54, 1.807) is 26.0 Å². The molecule has 0 aromatic heterocycles. The Morgan fingerprint density at radius 1 is 1.31 bits per heavy atom. The Morgan fingerprint density at radius 3 is 2.41 bits per heavy atom. The number of carbonyl (C=O) groups is 1. The number of benzene rings is 1. The summed E-state index contributed by atoms with van der Waals surface area (Å²) in [5.41, 5.74) is 0. The summed E-state index contributed by atoms with van der Waals surface area (Å²) in [6.45, 7) is 7.69. The maximum atomic E-state index is 12.8. The van der Waals surface area contributed by atoms with E-state index >= 15 is 0 Å². The number of methoxy groups -OCH3 is 2. The standard InChI is InChI=1S/C19H29NO7S2/c1-18(2,28-12-14-11-26-19(3,4)27-14)16(17(21)25-6)20-29(22,23)15-9-7-13(24-5)8-10-15/h7-10,14,16,20H,11-12H2,1-6H3/t14?,16-/m0/s1. The number of hydrogen-bond acceptors (Lipinski definition) is 8. The van der Waals surface area contributed by atoms with Gasteiger partial charge < -0.3 is 18.9 Å². The van der Waals surface area contributed by atoms with Crippen LogP contribution < -0.4 is 9.46 Å². The average Bonchev–Trinajstić information content (AvgIpc) is 3.03. The lowest BCUT2D eigenvalue weighted by atomic mass is 10.0. The molecule has 0 amide bonds. The van der Waals surface area contributed by atoms with Gasteiger partial charge in [-0.25, -0.2) is 8.42 Å². The molecule has 0 spiro atoms. The molecule has 1 unspecified atom stereocenters. The third kappa shape index (κ3) is 6.32. The van der Waals surface area contributed by atoms with Gasteiger partial charge in [0.25, 0.3) is 0 Å². The van der Waals surface area contributed by atoms with Crippen LogP contribution in [0.4, 0.5) is 0 Å². The first kappa shape index (κ1) is 23.9. The number of sulfonamides is 1. The zero-order chi connectivity index (χ0) is 21.9. The Morgan fingerprint density at radius 2 is 1.93 bits per heavy atom. The van der Waals surface area contributed by atoms with Gasteiger partial charge in [0.1, 0.15) is 11.8 Å². The molecule has 10 heteroatoms. The monoisotopic (exact) mass is 447 g/mol. The molecule has 0 saturated carbocycles. The number of ether oxygens (including phenoxy) is 4. The van der Waals surface area contributed by atoms with E-state index in [0.29, 0.717) is 18.1 Å². The minimum absolute atomic E-state index is 0.0299. The molecule has 29 heavy (non-hydrogen) atoms.